The van der Waals surface area contributed by atoms with Gasteiger partial charge in [0.2, 0.25) is 0 Å². The van der Waals surface area contributed by atoms with Gasteiger partial charge in [-0.05, 0) is 0 Å². The predicted molar refractivity (Wildman–Crippen MR) is 34.4 cm³/mol. The molecule has 1 aromatic rings. The van der Waals surface area contributed by atoms with Gasteiger partial charge in [-0.25, -0.2) is 0 Å². The Morgan fingerprint density at radius 2 is 2.11 bits per heavy atom. The first kappa shape index (κ1) is 8.71. The molecule has 0 radical (unpaired) electrons. The second-order valence-corrected chi connectivity index (χ2v) is 1.82. The summed E-state index contributed by atoms with van der Waals surface area (Å²) in [5.41, 5.74) is 7.27. The fourth-order valence-corrected chi connectivity index (χ4v) is 0.515. The van der Waals surface area contributed by atoms with Crippen LogP contribution in [0.3, 0.4) is 0 Å². The summed E-state index contributed by atoms with van der Waals surface area (Å²) in [4.78, 5) is 0. The molecule has 0 aliphatic carbocycles. The number of nitrogen functional groups attached to an aromatic ring is 1. The zero-order valence-corrected chi connectivity index (χ0v) is 8.15. The van der Waals surface area contributed by atoms with Crippen LogP contribution in [0.4, 0.5) is 5.69 Å². The zero-order chi connectivity index (χ0) is 5.98. The summed E-state index contributed by atoms with van der Waals surface area (Å²) in [6.45, 7) is 2.01. The van der Waals surface area contributed by atoms with Gasteiger partial charge in [-0.15, -0.1) is 6.07 Å². The van der Waals surface area contributed by atoms with E-state index < -0.39 is 0 Å². The fraction of sp³-hybridized carbons (Fsp3) is 0.143. The van der Waals surface area contributed by atoms with Gasteiger partial charge in [0.25, 0.3) is 0 Å². The minimum absolute atomic E-state index is 0. The van der Waals surface area contributed by atoms with Crippen LogP contribution in [0.5, 0.6) is 0 Å². The largest absolute Gasteiger partial charge is 0.420 e. The van der Waals surface area contributed by atoms with E-state index in [1.807, 2.05) is 25.1 Å². The van der Waals surface area contributed by atoms with Crippen LogP contribution in [0.2, 0.25) is 0 Å². The molecular weight excluding hydrogens is 282 g/mol. The molecule has 0 unspecified atom stereocenters. The number of nitrogens with two attached hydrogens (primary N) is 1. The third-order valence-electron chi connectivity index (χ3n) is 0.992. The zero-order valence-electron chi connectivity index (χ0n) is 5.22. The van der Waals surface area contributed by atoms with E-state index >= 15 is 0 Å². The number of benzene rings is 1. The van der Waals surface area contributed by atoms with E-state index in [4.69, 9.17) is 5.73 Å². The molecule has 48 valence electrons. The number of rotatable bonds is 0. The summed E-state index contributed by atoms with van der Waals surface area (Å²) >= 11 is 0. The molecule has 9 heavy (non-hydrogen) atoms. The quantitative estimate of drug-likeness (QED) is 0.567. The van der Waals surface area contributed by atoms with Crippen LogP contribution in [-0.2, 0) is 21.1 Å². The van der Waals surface area contributed by atoms with Gasteiger partial charge in [-0.1, -0.05) is 12.6 Å². The van der Waals surface area contributed by atoms with Gasteiger partial charge < -0.3 is 5.73 Å². The Labute approximate surface area is 69.5 Å². The van der Waals surface area contributed by atoms with Crippen molar-refractivity contribution in [1.29, 1.82) is 0 Å². The van der Waals surface area contributed by atoms with E-state index in [1.165, 1.54) is 5.56 Å². The smallest absolute Gasteiger partial charge is 0 e. The monoisotopic (exact) mass is 290 g/mol. The first-order valence-electron chi connectivity index (χ1n) is 2.53. The predicted octanol–water partition coefficient (Wildman–Crippen LogP) is 1.37. The van der Waals surface area contributed by atoms with Crippen molar-refractivity contribution in [2.45, 2.75) is 6.92 Å². The maximum atomic E-state index is 5.37. The molecule has 0 atom stereocenters. The molecule has 0 fully saturated rings. The number of aryl methyl sites for hydroxylation is 1. The van der Waals surface area contributed by atoms with Gasteiger partial charge in [0.1, 0.15) is 0 Å². The van der Waals surface area contributed by atoms with Gasteiger partial charge in [-0.3, -0.25) is 0 Å². The van der Waals surface area contributed by atoms with Crippen LogP contribution in [-0.4, -0.2) is 0 Å². The van der Waals surface area contributed by atoms with Crippen LogP contribution >= 0.6 is 0 Å². The molecule has 0 saturated heterocycles. The van der Waals surface area contributed by atoms with E-state index in [0.29, 0.717) is 5.69 Å². The van der Waals surface area contributed by atoms with Gasteiger partial charge in [-0.2, -0.15) is 23.8 Å². The van der Waals surface area contributed by atoms with Crippen LogP contribution in [0.25, 0.3) is 0 Å². The SMILES string of the molecule is Cc1c[c-]c(N)cc1.[W]. The van der Waals surface area contributed by atoms with Crippen LogP contribution in [0, 0.1) is 13.0 Å². The Bertz CT molecular complexity index is 148. The number of anilines is 1. The van der Waals surface area contributed by atoms with Crippen molar-refractivity contribution < 1.29 is 21.1 Å². The molecule has 2 heteroatoms. The average Bonchev–Trinajstić information content (AvgIpc) is 1.77. The second-order valence-electron chi connectivity index (χ2n) is 1.82. The Hall–Kier alpha value is -0.292. The van der Waals surface area contributed by atoms with Gasteiger partial charge in [0.15, 0.2) is 0 Å². The molecular formula is C7H8NW-. The summed E-state index contributed by atoms with van der Waals surface area (Å²) < 4.78 is 0. The molecule has 0 aliphatic heterocycles. The molecule has 0 aromatic heterocycles. The summed E-state index contributed by atoms with van der Waals surface area (Å²) in [6, 6.07) is 8.55. The third-order valence-corrected chi connectivity index (χ3v) is 0.992. The van der Waals surface area contributed by atoms with Crippen LogP contribution < -0.4 is 5.73 Å². The van der Waals surface area contributed by atoms with Crippen LogP contribution in [0.15, 0.2) is 18.2 Å². The summed E-state index contributed by atoms with van der Waals surface area (Å²) in [6.07, 6.45) is 0. The molecule has 0 aliphatic rings. The van der Waals surface area contributed by atoms with E-state index in [2.05, 4.69) is 6.07 Å². The van der Waals surface area contributed by atoms with Gasteiger partial charge in [0, 0.05) is 21.1 Å². The minimum Gasteiger partial charge on any atom is -0.420 e. The normalized spacial score (nSPS) is 8.11. The Balaban J connectivity index is 0.000000640. The fourth-order valence-electron chi connectivity index (χ4n) is 0.515. The first-order valence-corrected chi connectivity index (χ1v) is 2.53. The molecule has 0 spiro atoms. The maximum Gasteiger partial charge on any atom is 0 e. The van der Waals surface area contributed by atoms with Crippen molar-refractivity contribution >= 4 is 5.69 Å². The molecule has 2 N–H and O–H groups in total. The average molecular weight is 290 g/mol. The van der Waals surface area contributed by atoms with Crippen molar-refractivity contribution in [3.05, 3.63) is 29.8 Å². The van der Waals surface area contributed by atoms with E-state index in [1.54, 1.807) is 0 Å². The molecule has 0 heterocycles. The van der Waals surface area contributed by atoms with Crippen molar-refractivity contribution in [1.82, 2.24) is 0 Å². The summed E-state index contributed by atoms with van der Waals surface area (Å²) in [5, 5.41) is 0. The number of hydrogen-bond donors (Lipinski definition) is 1. The molecule has 1 nitrogen and oxygen atoms in total. The Morgan fingerprint density at radius 3 is 2.44 bits per heavy atom. The van der Waals surface area contributed by atoms with Gasteiger partial charge >= 0.3 is 0 Å². The van der Waals surface area contributed by atoms with Crippen molar-refractivity contribution in [3.63, 3.8) is 0 Å². The first-order chi connectivity index (χ1) is 3.79. The van der Waals surface area contributed by atoms with Crippen molar-refractivity contribution in [3.8, 4) is 0 Å². The Kier molecular flexibility index (Phi) is 3.56. The third kappa shape index (κ3) is 2.66. The second kappa shape index (κ2) is 3.68. The molecule has 1 aromatic carbocycles. The molecule has 0 bridgehead atoms. The van der Waals surface area contributed by atoms with Crippen molar-refractivity contribution in [2.75, 3.05) is 5.73 Å². The minimum atomic E-state index is 0. The standard InChI is InChI=1S/C7H8N.W/c1-6-2-4-7(8)5-3-6;/h2-4H,8H2,1H3;/q-1;. The van der Waals surface area contributed by atoms with Crippen LogP contribution in [0.1, 0.15) is 5.56 Å². The summed E-state index contributed by atoms with van der Waals surface area (Å²) in [7, 11) is 0. The van der Waals surface area contributed by atoms with Gasteiger partial charge in [0.05, 0.1) is 0 Å². The molecule has 0 saturated carbocycles. The Morgan fingerprint density at radius 1 is 1.44 bits per heavy atom. The van der Waals surface area contributed by atoms with Crippen molar-refractivity contribution in [2.24, 2.45) is 0 Å². The topological polar surface area (TPSA) is 26.0 Å². The number of hydrogen-bond acceptors (Lipinski definition) is 1. The maximum absolute atomic E-state index is 5.37. The van der Waals surface area contributed by atoms with E-state index in [0.717, 1.165) is 0 Å². The molecule has 0 amide bonds. The summed E-state index contributed by atoms with van der Waals surface area (Å²) in [5.74, 6) is 0. The van der Waals surface area contributed by atoms with E-state index in [9.17, 15) is 0 Å². The van der Waals surface area contributed by atoms with E-state index in [-0.39, 0.29) is 21.1 Å². The molecule has 1 rings (SSSR count).